The molecule has 0 saturated carbocycles. The molecule has 0 saturated heterocycles. The second-order valence-corrected chi connectivity index (χ2v) is 9.04. The third kappa shape index (κ3) is 4.90. The topological polar surface area (TPSA) is 76.1 Å². The fourth-order valence-corrected chi connectivity index (χ4v) is 3.72. The van der Waals surface area contributed by atoms with Crippen LogP contribution in [0.5, 0.6) is 0 Å². The van der Waals surface area contributed by atoms with Crippen molar-refractivity contribution in [3.05, 3.63) is 82.1 Å². The number of benzene rings is 2. The molecule has 1 aromatic heterocycles. The van der Waals surface area contributed by atoms with Crippen LogP contribution in [0.1, 0.15) is 15.9 Å². The second kappa shape index (κ2) is 8.31. The van der Waals surface area contributed by atoms with Crippen LogP contribution >= 0.6 is 23.2 Å². The molecule has 0 aliphatic carbocycles. The Balaban J connectivity index is 1.75. The summed E-state index contributed by atoms with van der Waals surface area (Å²) in [6.45, 7) is 0.156. The highest BCUT2D eigenvalue weighted by Crippen LogP contribution is 2.23. The summed E-state index contributed by atoms with van der Waals surface area (Å²) >= 11 is 12.2. The standard InChI is InChI=1S/C20H16Cl2N2O3S/c1-28(26,27)18-6-5-14(19(22)9-18)12-24-20(25)16-7-15(10-23-11-16)13-3-2-4-17(21)8-13/h2-11H,12H2,1H3,(H,24,25). The van der Waals surface area contributed by atoms with Crippen LogP contribution in [0.2, 0.25) is 10.0 Å². The van der Waals surface area contributed by atoms with Crippen LogP contribution in [0.3, 0.4) is 0 Å². The Labute approximate surface area is 173 Å². The van der Waals surface area contributed by atoms with Gasteiger partial charge in [-0.1, -0.05) is 41.4 Å². The van der Waals surface area contributed by atoms with E-state index in [9.17, 15) is 13.2 Å². The van der Waals surface area contributed by atoms with Crippen LogP contribution in [0.15, 0.2) is 65.8 Å². The van der Waals surface area contributed by atoms with E-state index in [1.807, 2.05) is 12.1 Å². The molecule has 0 bridgehead atoms. The van der Waals surface area contributed by atoms with Gasteiger partial charge in [0.2, 0.25) is 0 Å². The number of hydrogen-bond donors (Lipinski definition) is 1. The normalized spacial score (nSPS) is 11.2. The maximum atomic E-state index is 12.5. The highest BCUT2D eigenvalue weighted by atomic mass is 35.5. The molecule has 1 heterocycles. The molecule has 0 spiro atoms. The van der Waals surface area contributed by atoms with E-state index in [-0.39, 0.29) is 22.4 Å². The van der Waals surface area contributed by atoms with Crippen LogP contribution in [-0.2, 0) is 16.4 Å². The van der Waals surface area contributed by atoms with Gasteiger partial charge in [0.25, 0.3) is 5.91 Å². The van der Waals surface area contributed by atoms with Gasteiger partial charge in [-0.3, -0.25) is 9.78 Å². The van der Waals surface area contributed by atoms with E-state index in [1.54, 1.807) is 30.5 Å². The first-order chi connectivity index (χ1) is 13.2. The van der Waals surface area contributed by atoms with E-state index in [2.05, 4.69) is 10.3 Å². The maximum absolute atomic E-state index is 12.5. The summed E-state index contributed by atoms with van der Waals surface area (Å²) in [6.07, 6.45) is 4.24. The van der Waals surface area contributed by atoms with E-state index < -0.39 is 9.84 Å². The quantitative estimate of drug-likeness (QED) is 0.645. The summed E-state index contributed by atoms with van der Waals surface area (Å²) in [5.41, 5.74) is 2.63. The molecule has 0 aliphatic heterocycles. The van der Waals surface area contributed by atoms with Crippen molar-refractivity contribution < 1.29 is 13.2 Å². The molecule has 144 valence electrons. The fraction of sp³-hybridized carbons (Fsp3) is 0.100. The lowest BCUT2D eigenvalue weighted by Gasteiger charge is -2.09. The van der Waals surface area contributed by atoms with Gasteiger partial charge in [0.15, 0.2) is 9.84 Å². The van der Waals surface area contributed by atoms with Crippen molar-refractivity contribution in [2.24, 2.45) is 0 Å². The van der Waals surface area contributed by atoms with Crippen molar-refractivity contribution in [3.8, 4) is 11.1 Å². The minimum absolute atomic E-state index is 0.131. The molecule has 1 amide bonds. The Bertz CT molecular complexity index is 1150. The number of carbonyl (C=O) groups excluding carboxylic acids is 1. The van der Waals surface area contributed by atoms with Gasteiger partial charge in [-0.2, -0.15) is 0 Å². The smallest absolute Gasteiger partial charge is 0.253 e. The minimum atomic E-state index is -3.34. The average Bonchev–Trinajstić information content (AvgIpc) is 2.66. The second-order valence-electron chi connectivity index (χ2n) is 6.18. The number of halogens is 2. The van der Waals surface area contributed by atoms with Gasteiger partial charge in [0.1, 0.15) is 0 Å². The number of amides is 1. The van der Waals surface area contributed by atoms with Crippen LogP contribution < -0.4 is 5.32 Å². The number of nitrogens with one attached hydrogen (secondary N) is 1. The zero-order valence-electron chi connectivity index (χ0n) is 14.8. The van der Waals surface area contributed by atoms with Gasteiger partial charge in [-0.25, -0.2) is 8.42 Å². The first kappa shape index (κ1) is 20.3. The lowest BCUT2D eigenvalue weighted by atomic mass is 10.1. The van der Waals surface area contributed by atoms with E-state index in [0.717, 1.165) is 17.4 Å². The highest BCUT2D eigenvalue weighted by Gasteiger charge is 2.12. The Kier molecular flexibility index (Phi) is 6.03. The molecule has 3 aromatic rings. The summed E-state index contributed by atoms with van der Waals surface area (Å²) in [4.78, 5) is 16.7. The van der Waals surface area contributed by atoms with Crippen LogP contribution in [-0.4, -0.2) is 25.6 Å². The van der Waals surface area contributed by atoms with Crippen LogP contribution in [0.4, 0.5) is 0 Å². The molecule has 1 N–H and O–H groups in total. The summed E-state index contributed by atoms with van der Waals surface area (Å²) in [6, 6.07) is 13.4. The molecule has 5 nitrogen and oxygen atoms in total. The van der Waals surface area contributed by atoms with Gasteiger partial charge in [0.05, 0.1) is 10.5 Å². The number of pyridine rings is 1. The molecule has 28 heavy (non-hydrogen) atoms. The molecular weight excluding hydrogens is 419 g/mol. The summed E-state index contributed by atoms with van der Waals surface area (Å²) in [7, 11) is -3.34. The molecular formula is C20H16Cl2N2O3S. The molecule has 3 rings (SSSR count). The Morgan fingerprint density at radius 1 is 1.04 bits per heavy atom. The van der Waals surface area contributed by atoms with E-state index in [1.165, 1.54) is 18.3 Å². The Hall–Kier alpha value is -2.41. The summed E-state index contributed by atoms with van der Waals surface area (Å²) in [5, 5.41) is 3.63. The van der Waals surface area contributed by atoms with Crippen molar-refractivity contribution in [2.75, 3.05) is 6.26 Å². The fourth-order valence-electron chi connectivity index (χ4n) is 2.57. The van der Waals surface area contributed by atoms with Gasteiger partial charge in [-0.15, -0.1) is 0 Å². The maximum Gasteiger partial charge on any atom is 0.253 e. The molecule has 0 atom stereocenters. The third-order valence-corrected chi connectivity index (χ3v) is 5.75. The van der Waals surface area contributed by atoms with Crippen molar-refractivity contribution in [2.45, 2.75) is 11.4 Å². The average molecular weight is 435 g/mol. The van der Waals surface area contributed by atoms with Crippen molar-refractivity contribution in [1.82, 2.24) is 10.3 Å². The van der Waals surface area contributed by atoms with Crippen LogP contribution in [0, 0.1) is 0 Å². The van der Waals surface area contributed by atoms with Gasteiger partial charge in [-0.05, 0) is 41.5 Å². The molecule has 0 fully saturated rings. The Morgan fingerprint density at radius 2 is 1.82 bits per heavy atom. The number of hydrogen-bond acceptors (Lipinski definition) is 4. The van der Waals surface area contributed by atoms with Gasteiger partial charge in [0, 0.05) is 40.8 Å². The molecule has 0 radical (unpaired) electrons. The van der Waals surface area contributed by atoms with Crippen molar-refractivity contribution in [3.63, 3.8) is 0 Å². The van der Waals surface area contributed by atoms with Crippen LogP contribution in [0.25, 0.3) is 11.1 Å². The molecule has 8 heteroatoms. The number of carbonyl (C=O) groups is 1. The monoisotopic (exact) mass is 434 g/mol. The Morgan fingerprint density at radius 3 is 2.50 bits per heavy atom. The predicted molar refractivity (Wildman–Crippen MR) is 110 cm³/mol. The first-order valence-electron chi connectivity index (χ1n) is 8.22. The summed E-state index contributed by atoms with van der Waals surface area (Å²) in [5.74, 6) is -0.320. The molecule has 2 aromatic carbocycles. The van der Waals surface area contributed by atoms with Crippen molar-refractivity contribution in [1.29, 1.82) is 0 Å². The lowest BCUT2D eigenvalue weighted by molar-refractivity contribution is 0.0950. The molecule has 0 unspecified atom stereocenters. The number of sulfone groups is 1. The third-order valence-electron chi connectivity index (χ3n) is 4.05. The zero-order chi connectivity index (χ0) is 20.3. The first-order valence-corrected chi connectivity index (χ1v) is 10.9. The lowest BCUT2D eigenvalue weighted by Crippen LogP contribution is -2.23. The zero-order valence-corrected chi connectivity index (χ0v) is 17.1. The minimum Gasteiger partial charge on any atom is -0.348 e. The van der Waals surface area contributed by atoms with Crippen molar-refractivity contribution >= 4 is 38.9 Å². The highest BCUT2D eigenvalue weighted by molar-refractivity contribution is 7.90. The number of aromatic nitrogens is 1. The number of rotatable bonds is 5. The largest absolute Gasteiger partial charge is 0.348 e. The van der Waals surface area contributed by atoms with Gasteiger partial charge < -0.3 is 5.32 Å². The van der Waals surface area contributed by atoms with Gasteiger partial charge >= 0.3 is 0 Å². The number of nitrogens with zero attached hydrogens (tertiary/aromatic N) is 1. The SMILES string of the molecule is CS(=O)(=O)c1ccc(CNC(=O)c2cncc(-c3cccc(Cl)c3)c2)c(Cl)c1. The van der Waals surface area contributed by atoms with E-state index >= 15 is 0 Å². The van der Waals surface area contributed by atoms with E-state index in [0.29, 0.717) is 16.1 Å². The summed E-state index contributed by atoms with van der Waals surface area (Å²) < 4.78 is 23.1. The molecule has 0 aliphatic rings. The predicted octanol–water partition coefficient (Wildman–Crippen LogP) is 4.39. The van der Waals surface area contributed by atoms with E-state index in [4.69, 9.17) is 23.2 Å².